The maximum atomic E-state index is 11.6. The Morgan fingerprint density at radius 1 is 1.73 bits per heavy atom. The van der Waals surface area contributed by atoms with Gasteiger partial charge in [-0.15, -0.1) is 11.3 Å². The second kappa shape index (κ2) is 4.85. The summed E-state index contributed by atoms with van der Waals surface area (Å²) in [6, 6.07) is 0. The van der Waals surface area contributed by atoms with Crippen LogP contribution < -0.4 is 11.1 Å². The molecule has 0 unspecified atom stereocenters. The molecule has 0 aliphatic heterocycles. The van der Waals surface area contributed by atoms with Crippen molar-refractivity contribution < 1.29 is 4.79 Å². The molecular formula is C9H15N3OS2. The summed E-state index contributed by atoms with van der Waals surface area (Å²) in [4.78, 5) is 15.5. The molecule has 0 aliphatic rings. The number of nitrogens with one attached hydrogen (secondary N) is 1. The fourth-order valence-electron chi connectivity index (χ4n) is 0.848. The number of thiazole rings is 1. The molecule has 1 amide bonds. The fourth-order valence-corrected chi connectivity index (χ4v) is 1.61. The van der Waals surface area contributed by atoms with Crippen LogP contribution in [-0.2, 0) is 0 Å². The van der Waals surface area contributed by atoms with E-state index >= 15 is 0 Å². The van der Waals surface area contributed by atoms with Crippen LogP contribution >= 0.6 is 23.1 Å². The summed E-state index contributed by atoms with van der Waals surface area (Å²) in [6.07, 6.45) is 2.02. The molecule has 6 heteroatoms. The molecule has 3 N–H and O–H groups in total. The van der Waals surface area contributed by atoms with Crippen molar-refractivity contribution >= 4 is 34.1 Å². The molecular weight excluding hydrogens is 230 g/mol. The van der Waals surface area contributed by atoms with Crippen LogP contribution in [-0.4, -0.2) is 28.4 Å². The molecule has 1 rings (SSSR count). The predicted octanol–water partition coefficient (Wildman–Crippen LogP) is 1.60. The molecule has 0 saturated heterocycles. The molecule has 0 fully saturated rings. The van der Waals surface area contributed by atoms with Crippen LogP contribution in [0.1, 0.15) is 24.3 Å². The van der Waals surface area contributed by atoms with Crippen molar-refractivity contribution in [1.82, 2.24) is 10.3 Å². The zero-order valence-corrected chi connectivity index (χ0v) is 10.7. The summed E-state index contributed by atoms with van der Waals surface area (Å²) in [5.74, 6) is -0.162. The van der Waals surface area contributed by atoms with Gasteiger partial charge in [-0.25, -0.2) is 4.98 Å². The van der Waals surface area contributed by atoms with Gasteiger partial charge in [0.05, 0.1) is 0 Å². The Labute approximate surface area is 97.7 Å². The molecule has 0 aromatic carbocycles. The Bertz CT molecular complexity index is 349. The number of carbonyl (C=O) groups excluding carboxylic acids is 1. The lowest BCUT2D eigenvalue weighted by Gasteiger charge is -2.21. The minimum Gasteiger partial charge on any atom is -0.375 e. The van der Waals surface area contributed by atoms with Crippen molar-refractivity contribution in [3.05, 3.63) is 11.1 Å². The summed E-state index contributed by atoms with van der Waals surface area (Å²) in [7, 11) is 0. The normalized spacial score (nSPS) is 11.4. The third-order valence-electron chi connectivity index (χ3n) is 1.98. The predicted molar refractivity (Wildman–Crippen MR) is 66.5 cm³/mol. The van der Waals surface area contributed by atoms with E-state index in [1.807, 2.05) is 6.26 Å². The van der Waals surface area contributed by atoms with Crippen LogP contribution in [0.2, 0.25) is 0 Å². The van der Waals surface area contributed by atoms with Crippen molar-refractivity contribution in [2.75, 3.05) is 18.5 Å². The highest BCUT2D eigenvalue weighted by atomic mass is 32.2. The van der Waals surface area contributed by atoms with Crippen LogP contribution in [0.25, 0.3) is 0 Å². The molecule has 0 saturated carbocycles. The van der Waals surface area contributed by atoms with Gasteiger partial charge in [0.2, 0.25) is 0 Å². The van der Waals surface area contributed by atoms with Gasteiger partial charge in [-0.3, -0.25) is 4.79 Å². The van der Waals surface area contributed by atoms with E-state index in [9.17, 15) is 4.79 Å². The molecule has 0 atom stereocenters. The first-order valence-corrected chi connectivity index (χ1v) is 6.59. The summed E-state index contributed by atoms with van der Waals surface area (Å²) < 4.78 is 0.0389. The van der Waals surface area contributed by atoms with Gasteiger partial charge in [0.15, 0.2) is 5.13 Å². The number of aromatic nitrogens is 1. The molecule has 84 valence electrons. The Morgan fingerprint density at radius 2 is 2.40 bits per heavy atom. The van der Waals surface area contributed by atoms with E-state index in [-0.39, 0.29) is 10.7 Å². The standard InChI is InChI=1S/C9H15N3OS2/c1-9(2,14-3)5-11-7(13)6-4-15-8(10)12-6/h4H,5H2,1-3H3,(H2,10,12)(H,11,13). The highest BCUT2D eigenvalue weighted by Crippen LogP contribution is 2.19. The van der Waals surface area contributed by atoms with Crippen molar-refractivity contribution in [3.8, 4) is 0 Å². The van der Waals surface area contributed by atoms with Gasteiger partial charge in [0.1, 0.15) is 5.69 Å². The molecule has 0 aliphatic carbocycles. The summed E-state index contributed by atoms with van der Waals surface area (Å²) in [5, 5.41) is 4.92. The van der Waals surface area contributed by atoms with E-state index in [0.29, 0.717) is 17.4 Å². The number of anilines is 1. The Kier molecular flexibility index (Phi) is 3.98. The van der Waals surface area contributed by atoms with Gasteiger partial charge >= 0.3 is 0 Å². The number of hydrogen-bond donors (Lipinski definition) is 2. The SMILES string of the molecule is CSC(C)(C)CNC(=O)c1csc(N)n1. The third-order valence-corrected chi connectivity index (χ3v) is 3.91. The zero-order chi connectivity index (χ0) is 11.5. The van der Waals surface area contributed by atoms with Crippen LogP contribution in [0.4, 0.5) is 5.13 Å². The number of thioether (sulfide) groups is 1. The molecule has 1 aromatic rings. The first kappa shape index (κ1) is 12.3. The fraction of sp³-hybridized carbons (Fsp3) is 0.556. The van der Waals surface area contributed by atoms with Crippen molar-refractivity contribution in [3.63, 3.8) is 0 Å². The van der Waals surface area contributed by atoms with E-state index in [2.05, 4.69) is 24.1 Å². The van der Waals surface area contributed by atoms with Gasteiger partial charge in [0.25, 0.3) is 5.91 Å². The Hall–Kier alpha value is -0.750. The summed E-state index contributed by atoms with van der Waals surface area (Å²) in [6.45, 7) is 4.77. The number of nitrogens with two attached hydrogens (primary N) is 1. The lowest BCUT2D eigenvalue weighted by atomic mass is 10.2. The zero-order valence-electron chi connectivity index (χ0n) is 9.03. The second-order valence-corrected chi connectivity index (χ2v) is 6.12. The quantitative estimate of drug-likeness (QED) is 0.845. The van der Waals surface area contributed by atoms with Crippen molar-refractivity contribution in [2.45, 2.75) is 18.6 Å². The van der Waals surface area contributed by atoms with Crippen LogP contribution in [0.5, 0.6) is 0 Å². The smallest absolute Gasteiger partial charge is 0.270 e. The van der Waals surface area contributed by atoms with E-state index in [4.69, 9.17) is 5.73 Å². The molecule has 4 nitrogen and oxygen atoms in total. The number of hydrogen-bond acceptors (Lipinski definition) is 5. The molecule has 15 heavy (non-hydrogen) atoms. The lowest BCUT2D eigenvalue weighted by molar-refractivity contribution is 0.0946. The summed E-state index contributed by atoms with van der Waals surface area (Å²) in [5.41, 5.74) is 5.85. The molecule has 0 spiro atoms. The highest BCUT2D eigenvalue weighted by molar-refractivity contribution is 7.99. The average Bonchev–Trinajstić information content (AvgIpc) is 2.61. The van der Waals surface area contributed by atoms with Crippen LogP contribution in [0.3, 0.4) is 0 Å². The maximum absolute atomic E-state index is 11.6. The van der Waals surface area contributed by atoms with E-state index in [1.54, 1.807) is 17.1 Å². The highest BCUT2D eigenvalue weighted by Gasteiger charge is 2.18. The summed E-state index contributed by atoms with van der Waals surface area (Å²) >= 11 is 2.98. The molecule has 1 aromatic heterocycles. The first-order chi connectivity index (χ1) is 6.94. The number of rotatable bonds is 4. The monoisotopic (exact) mass is 245 g/mol. The lowest BCUT2D eigenvalue weighted by Crippen LogP contribution is -2.36. The van der Waals surface area contributed by atoms with E-state index in [1.165, 1.54) is 11.3 Å². The van der Waals surface area contributed by atoms with Crippen molar-refractivity contribution in [2.24, 2.45) is 0 Å². The Balaban J connectivity index is 2.50. The Morgan fingerprint density at radius 3 is 2.87 bits per heavy atom. The van der Waals surface area contributed by atoms with Gasteiger partial charge in [-0.1, -0.05) is 0 Å². The first-order valence-electron chi connectivity index (χ1n) is 4.49. The number of amides is 1. The second-order valence-electron chi connectivity index (χ2n) is 3.72. The van der Waals surface area contributed by atoms with E-state index < -0.39 is 0 Å². The number of carbonyl (C=O) groups is 1. The third kappa shape index (κ3) is 3.71. The average molecular weight is 245 g/mol. The van der Waals surface area contributed by atoms with Crippen LogP contribution in [0.15, 0.2) is 5.38 Å². The topological polar surface area (TPSA) is 68.0 Å². The van der Waals surface area contributed by atoms with E-state index in [0.717, 1.165) is 0 Å². The van der Waals surface area contributed by atoms with Gasteiger partial charge < -0.3 is 11.1 Å². The minimum atomic E-state index is -0.162. The van der Waals surface area contributed by atoms with Crippen LogP contribution in [0, 0.1) is 0 Å². The van der Waals surface area contributed by atoms with Gasteiger partial charge in [-0.05, 0) is 20.1 Å². The molecule has 0 bridgehead atoms. The molecule has 0 radical (unpaired) electrons. The largest absolute Gasteiger partial charge is 0.375 e. The minimum absolute atomic E-state index is 0.0389. The number of nitrogen functional groups attached to an aromatic ring is 1. The van der Waals surface area contributed by atoms with Gasteiger partial charge in [-0.2, -0.15) is 11.8 Å². The molecule has 1 heterocycles. The number of nitrogens with zero attached hydrogens (tertiary/aromatic N) is 1. The van der Waals surface area contributed by atoms with Gasteiger partial charge in [0, 0.05) is 16.7 Å². The van der Waals surface area contributed by atoms with Crippen molar-refractivity contribution in [1.29, 1.82) is 0 Å². The maximum Gasteiger partial charge on any atom is 0.270 e.